The van der Waals surface area contributed by atoms with E-state index in [1.54, 1.807) is 0 Å². The van der Waals surface area contributed by atoms with Gasteiger partial charge in [0.1, 0.15) is 0 Å². The average Bonchev–Trinajstić information content (AvgIpc) is 1.85. The van der Waals surface area contributed by atoms with Crippen LogP contribution in [0.15, 0.2) is 18.2 Å². The lowest BCUT2D eigenvalue weighted by Gasteiger charge is -1.98. The first-order chi connectivity index (χ1) is 4.72. The van der Waals surface area contributed by atoms with E-state index in [1.807, 2.05) is 0 Å². The molecule has 0 spiro atoms. The Labute approximate surface area is 61.9 Å². The minimum atomic E-state index is 0.891. The lowest BCUT2D eigenvalue weighted by molar-refractivity contribution is -0.386. The van der Waals surface area contributed by atoms with Crippen molar-refractivity contribution >= 4 is 0 Å². The Bertz CT molecular complexity index is 208. The molecular weight excluding hydrogens is 122 g/mol. The van der Waals surface area contributed by atoms with Crippen LogP contribution in [0, 0.1) is 13.8 Å². The molecule has 0 bridgehead atoms. The molecule has 3 N–H and O–H groups in total. The van der Waals surface area contributed by atoms with Gasteiger partial charge in [-0.05, 0) is 13.8 Å². The van der Waals surface area contributed by atoms with E-state index in [-0.39, 0.29) is 0 Å². The standard InChI is InChI=1S/C9H13N/c1-7-3-8(2)5-9(4-7)6-10/h3-5H,6,10H2,1-2H3/p+1. The maximum absolute atomic E-state index is 3.84. The summed E-state index contributed by atoms with van der Waals surface area (Å²) >= 11 is 0. The zero-order valence-electron chi connectivity index (χ0n) is 6.65. The van der Waals surface area contributed by atoms with Gasteiger partial charge >= 0.3 is 0 Å². The van der Waals surface area contributed by atoms with Crippen LogP contribution in [0.4, 0.5) is 0 Å². The Morgan fingerprint density at radius 3 is 2.00 bits per heavy atom. The first kappa shape index (κ1) is 7.29. The summed E-state index contributed by atoms with van der Waals surface area (Å²) in [5, 5.41) is 0. The van der Waals surface area contributed by atoms with E-state index in [2.05, 4.69) is 37.8 Å². The van der Waals surface area contributed by atoms with Gasteiger partial charge in [0.05, 0.1) is 6.54 Å². The molecule has 0 unspecified atom stereocenters. The molecule has 1 aromatic carbocycles. The van der Waals surface area contributed by atoms with E-state index in [4.69, 9.17) is 0 Å². The van der Waals surface area contributed by atoms with Crippen LogP contribution in [-0.4, -0.2) is 0 Å². The van der Waals surface area contributed by atoms with Crippen molar-refractivity contribution in [3.8, 4) is 0 Å². The van der Waals surface area contributed by atoms with Crippen LogP contribution in [-0.2, 0) is 6.54 Å². The molecule has 0 atom stereocenters. The van der Waals surface area contributed by atoms with Gasteiger partial charge < -0.3 is 5.73 Å². The molecule has 0 fully saturated rings. The summed E-state index contributed by atoms with van der Waals surface area (Å²) in [6.07, 6.45) is 0. The van der Waals surface area contributed by atoms with Crippen molar-refractivity contribution in [2.75, 3.05) is 0 Å². The number of aryl methyl sites for hydroxylation is 2. The third-order valence-corrected chi connectivity index (χ3v) is 1.57. The molecule has 1 nitrogen and oxygen atoms in total. The molecule has 0 heterocycles. The Kier molecular flexibility index (Phi) is 2.07. The highest BCUT2D eigenvalue weighted by molar-refractivity contribution is 5.27. The van der Waals surface area contributed by atoms with E-state index in [0.29, 0.717) is 0 Å². The molecule has 0 radical (unpaired) electrons. The van der Waals surface area contributed by atoms with E-state index in [9.17, 15) is 0 Å². The van der Waals surface area contributed by atoms with E-state index in [1.165, 1.54) is 16.7 Å². The van der Waals surface area contributed by atoms with Gasteiger partial charge in [0.2, 0.25) is 0 Å². The summed E-state index contributed by atoms with van der Waals surface area (Å²) in [6.45, 7) is 5.13. The summed E-state index contributed by atoms with van der Waals surface area (Å²) in [4.78, 5) is 0. The first-order valence-corrected chi connectivity index (χ1v) is 3.59. The van der Waals surface area contributed by atoms with Crippen molar-refractivity contribution < 1.29 is 5.73 Å². The summed E-state index contributed by atoms with van der Waals surface area (Å²) in [5.41, 5.74) is 7.83. The Balaban J connectivity index is 3.06. The second-order valence-electron chi connectivity index (χ2n) is 2.75. The Hall–Kier alpha value is -0.820. The molecule has 0 saturated carbocycles. The molecule has 1 rings (SSSR count). The fourth-order valence-corrected chi connectivity index (χ4v) is 1.21. The third kappa shape index (κ3) is 1.58. The zero-order chi connectivity index (χ0) is 7.56. The van der Waals surface area contributed by atoms with Crippen molar-refractivity contribution in [1.82, 2.24) is 0 Å². The first-order valence-electron chi connectivity index (χ1n) is 3.59. The molecular formula is C9H14N+. The molecule has 0 aliphatic rings. The van der Waals surface area contributed by atoms with Crippen LogP contribution in [0.25, 0.3) is 0 Å². The van der Waals surface area contributed by atoms with E-state index < -0.39 is 0 Å². The van der Waals surface area contributed by atoms with Crippen LogP contribution in [0.3, 0.4) is 0 Å². The topological polar surface area (TPSA) is 27.6 Å². The number of hydrogen-bond donors (Lipinski definition) is 1. The SMILES string of the molecule is Cc1cc(C)cc(C[NH3+])c1. The smallest absolute Gasteiger partial charge is 0.0997 e. The van der Waals surface area contributed by atoms with E-state index >= 15 is 0 Å². The van der Waals surface area contributed by atoms with Gasteiger partial charge in [0, 0.05) is 5.56 Å². The van der Waals surface area contributed by atoms with Crippen molar-refractivity contribution in [2.24, 2.45) is 0 Å². The number of quaternary nitrogens is 1. The highest BCUT2D eigenvalue weighted by atomic mass is 14.5. The molecule has 0 aliphatic carbocycles. The Morgan fingerprint density at radius 2 is 1.60 bits per heavy atom. The average molecular weight is 136 g/mol. The quantitative estimate of drug-likeness (QED) is 0.597. The molecule has 0 saturated heterocycles. The molecule has 54 valence electrons. The third-order valence-electron chi connectivity index (χ3n) is 1.57. The monoisotopic (exact) mass is 136 g/mol. The van der Waals surface area contributed by atoms with Crippen molar-refractivity contribution in [1.29, 1.82) is 0 Å². The predicted molar refractivity (Wildman–Crippen MR) is 42.5 cm³/mol. The van der Waals surface area contributed by atoms with E-state index in [0.717, 1.165) is 6.54 Å². The largest absolute Gasteiger partial charge is 0.354 e. The van der Waals surface area contributed by atoms with Crippen molar-refractivity contribution in [3.63, 3.8) is 0 Å². The van der Waals surface area contributed by atoms with Crippen molar-refractivity contribution in [3.05, 3.63) is 34.9 Å². The highest BCUT2D eigenvalue weighted by Crippen LogP contribution is 2.06. The van der Waals surface area contributed by atoms with Crippen LogP contribution in [0.1, 0.15) is 16.7 Å². The van der Waals surface area contributed by atoms with Gasteiger partial charge in [0.15, 0.2) is 0 Å². The maximum atomic E-state index is 3.84. The second kappa shape index (κ2) is 2.84. The van der Waals surface area contributed by atoms with Crippen LogP contribution in [0.2, 0.25) is 0 Å². The molecule has 1 aromatic rings. The molecule has 0 aromatic heterocycles. The fraction of sp³-hybridized carbons (Fsp3) is 0.333. The predicted octanol–water partition coefficient (Wildman–Crippen LogP) is 1.05. The molecule has 0 amide bonds. The minimum Gasteiger partial charge on any atom is -0.354 e. The fourth-order valence-electron chi connectivity index (χ4n) is 1.21. The number of hydrogen-bond acceptors (Lipinski definition) is 0. The van der Waals surface area contributed by atoms with Gasteiger partial charge in [-0.1, -0.05) is 29.3 Å². The molecule has 10 heavy (non-hydrogen) atoms. The van der Waals surface area contributed by atoms with Gasteiger partial charge in [-0.25, -0.2) is 0 Å². The minimum absolute atomic E-state index is 0.891. The number of benzene rings is 1. The van der Waals surface area contributed by atoms with Gasteiger partial charge in [0.25, 0.3) is 0 Å². The summed E-state index contributed by atoms with van der Waals surface area (Å²) in [6, 6.07) is 6.54. The molecule has 0 aliphatic heterocycles. The normalized spacial score (nSPS) is 9.90. The highest BCUT2D eigenvalue weighted by Gasteiger charge is 1.93. The second-order valence-corrected chi connectivity index (χ2v) is 2.75. The summed E-state index contributed by atoms with van der Waals surface area (Å²) < 4.78 is 0. The summed E-state index contributed by atoms with van der Waals surface area (Å²) in [5.74, 6) is 0. The summed E-state index contributed by atoms with van der Waals surface area (Å²) in [7, 11) is 0. The Morgan fingerprint density at radius 1 is 1.10 bits per heavy atom. The maximum Gasteiger partial charge on any atom is 0.0997 e. The van der Waals surface area contributed by atoms with Crippen LogP contribution < -0.4 is 5.73 Å². The van der Waals surface area contributed by atoms with Gasteiger partial charge in [-0.2, -0.15) is 0 Å². The van der Waals surface area contributed by atoms with Gasteiger partial charge in [-0.3, -0.25) is 0 Å². The van der Waals surface area contributed by atoms with Gasteiger partial charge in [-0.15, -0.1) is 0 Å². The van der Waals surface area contributed by atoms with Crippen molar-refractivity contribution in [2.45, 2.75) is 20.4 Å². The lowest BCUT2D eigenvalue weighted by Crippen LogP contribution is -2.47. The van der Waals surface area contributed by atoms with Crippen LogP contribution >= 0.6 is 0 Å². The van der Waals surface area contributed by atoms with Crippen LogP contribution in [0.5, 0.6) is 0 Å². The molecule has 1 heteroatoms. The zero-order valence-corrected chi connectivity index (χ0v) is 6.65. The lowest BCUT2D eigenvalue weighted by atomic mass is 10.1. The number of rotatable bonds is 1.